The number of rotatable bonds is 2. The Morgan fingerprint density at radius 3 is 2.21 bits per heavy atom. The number of hydrogen-bond acceptors (Lipinski definition) is 1. The van der Waals surface area contributed by atoms with E-state index in [-0.39, 0.29) is 0 Å². The van der Waals surface area contributed by atoms with E-state index in [4.69, 9.17) is 0 Å². The number of nitrogens with zero attached hydrogens (tertiary/aromatic N) is 2. The van der Waals surface area contributed by atoms with Gasteiger partial charge in [0.05, 0.1) is 5.69 Å². The Hall–Kier alpha value is -3.33. The molecule has 5 rings (SSSR count). The fourth-order valence-corrected chi connectivity index (χ4v) is 3.36. The number of pyridine rings is 1. The third-order valence-corrected chi connectivity index (χ3v) is 4.45. The van der Waals surface area contributed by atoms with E-state index in [9.17, 15) is 0 Å². The summed E-state index contributed by atoms with van der Waals surface area (Å²) in [6.45, 7) is 0. The van der Waals surface area contributed by atoms with Gasteiger partial charge in [0.15, 0.2) is 0 Å². The SMILES string of the molecule is c1ccc(-c2[nH]c3c(ccc4nccn43)c2-c2ccccc2)cc1. The Morgan fingerprint density at radius 2 is 1.46 bits per heavy atom. The van der Waals surface area contributed by atoms with Gasteiger partial charge in [0, 0.05) is 23.3 Å². The molecule has 5 aromatic rings. The highest BCUT2D eigenvalue weighted by molar-refractivity contribution is 6.03. The summed E-state index contributed by atoms with van der Waals surface area (Å²) in [6.07, 6.45) is 3.83. The van der Waals surface area contributed by atoms with Gasteiger partial charge in [-0.25, -0.2) is 4.98 Å². The fourth-order valence-electron chi connectivity index (χ4n) is 3.36. The molecule has 0 unspecified atom stereocenters. The maximum atomic E-state index is 4.40. The number of benzene rings is 2. The van der Waals surface area contributed by atoms with Crippen molar-refractivity contribution in [1.82, 2.24) is 14.4 Å². The third-order valence-electron chi connectivity index (χ3n) is 4.45. The van der Waals surface area contributed by atoms with Crippen LogP contribution in [0.5, 0.6) is 0 Å². The van der Waals surface area contributed by atoms with Crippen LogP contribution in [-0.4, -0.2) is 14.4 Å². The minimum absolute atomic E-state index is 0.947. The molecule has 3 nitrogen and oxygen atoms in total. The lowest BCUT2D eigenvalue weighted by Gasteiger charge is -2.05. The second-order valence-corrected chi connectivity index (χ2v) is 5.86. The van der Waals surface area contributed by atoms with Gasteiger partial charge in [0.1, 0.15) is 11.3 Å². The van der Waals surface area contributed by atoms with E-state index in [2.05, 4.69) is 81.1 Å². The summed E-state index contributed by atoms with van der Waals surface area (Å²) < 4.78 is 2.11. The van der Waals surface area contributed by atoms with Crippen LogP contribution >= 0.6 is 0 Å². The highest BCUT2D eigenvalue weighted by Gasteiger charge is 2.16. The Balaban J connectivity index is 1.93. The minimum Gasteiger partial charge on any atom is -0.340 e. The third kappa shape index (κ3) is 1.88. The average Bonchev–Trinajstić information content (AvgIpc) is 3.27. The van der Waals surface area contributed by atoms with Crippen molar-refractivity contribution in [3.63, 3.8) is 0 Å². The summed E-state index contributed by atoms with van der Waals surface area (Å²) in [7, 11) is 0. The molecule has 2 aromatic carbocycles. The molecule has 0 aliphatic heterocycles. The number of hydrogen-bond donors (Lipinski definition) is 1. The normalized spacial score (nSPS) is 11.3. The van der Waals surface area contributed by atoms with Crippen molar-refractivity contribution < 1.29 is 0 Å². The zero-order chi connectivity index (χ0) is 15.9. The van der Waals surface area contributed by atoms with Gasteiger partial charge in [-0.1, -0.05) is 60.7 Å². The number of aromatic nitrogens is 3. The molecule has 3 heterocycles. The number of H-pyrrole nitrogens is 1. The minimum atomic E-state index is 0.947. The van der Waals surface area contributed by atoms with E-state index in [0.717, 1.165) is 17.0 Å². The summed E-state index contributed by atoms with van der Waals surface area (Å²) in [6, 6.07) is 25.2. The Morgan fingerprint density at radius 1 is 0.750 bits per heavy atom. The predicted octanol–water partition coefficient (Wildman–Crippen LogP) is 5.15. The van der Waals surface area contributed by atoms with E-state index in [1.54, 1.807) is 0 Å². The first-order valence-electron chi connectivity index (χ1n) is 8.00. The monoisotopic (exact) mass is 309 g/mol. The smallest absolute Gasteiger partial charge is 0.138 e. The predicted molar refractivity (Wildman–Crippen MR) is 97.9 cm³/mol. The van der Waals surface area contributed by atoms with Crippen LogP contribution in [-0.2, 0) is 0 Å². The standard InChI is InChI=1S/C21H15N3/c1-3-7-15(8-4-1)19-17-11-12-18-22-13-14-24(18)21(17)23-20(19)16-9-5-2-6-10-16/h1-14,23H. The molecule has 0 spiro atoms. The van der Waals surface area contributed by atoms with Crippen molar-refractivity contribution in [2.24, 2.45) is 0 Å². The lowest BCUT2D eigenvalue weighted by molar-refractivity contribution is 1.21. The fraction of sp³-hybridized carbons (Fsp3) is 0. The van der Waals surface area contributed by atoms with Crippen LogP contribution in [0.15, 0.2) is 85.2 Å². The molecule has 0 aliphatic rings. The van der Waals surface area contributed by atoms with Crippen LogP contribution in [0.4, 0.5) is 0 Å². The molecule has 3 heteroatoms. The zero-order valence-corrected chi connectivity index (χ0v) is 13.0. The lowest BCUT2D eigenvalue weighted by atomic mass is 9.99. The molecule has 0 saturated heterocycles. The van der Waals surface area contributed by atoms with Crippen molar-refractivity contribution in [3.05, 3.63) is 85.2 Å². The van der Waals surface area contributed by atoms with Crippen LogP contribution in [0, 0.1) is 0 Å². The molecule has 0 amide bonds. The number of fused-ring (bicyclic) bond motifs is 3. The molecule has 0 aliphatic carbocycles. The summed E-state index contributed by atoms with van der Waals surface area (Å²) in [5.74, 6) is 0. The maximum absolute atomic E-state index is 4.40. The molecule has 114 valence electrons. The van der Waals surface area contributed by atoms with Gasteiger partial charge in [0.2, 0.25) is 0 Å². The van der Waals surface area contributed by atoms with Crippen LogP contribution in [0.1, 0.15) is 0 Å². The largest absolute Gasteiger partial charge is 0.340 e. The molecular weight excluding hydrogens is 294 g/mol. The molecule has 0 bridgehead atoms. The topological polar surface area (TPSA) is 33.1 Å². The molecule has 0 saturated carbocycles. The van der Waals surface area contributed by atoms with Crippen molar-refractivity contribution >= 4 is 16.7 Å². The van der Waals surface area contributed by atoms with E-state index in [1.807, 2.05) is 18.5 Å². The Labute approximate surface area is 139 Å². The van der Waals surface area contributed by atoms with E-state index >= 15 is 0 Å². The Bertz CT molecular complexity index is 1140. The van der Waals surface area contributed by atoms with Gasteiger partial charge in [-0.2, -0.15) is 0 Å². The van der Waals surface area contributed by atoms with Crippen LogP contribution in [0.3, 0.4) is 0 Å². The highest BCUT2D eigenvalue weighted by Crippen LogP contribution is 2.38. The first-order chi connectivity index (χ1) is 11.9. The molecule has 3 aromatic heterocycles. The molecular formula is C21H15N3. The molecule has 24 heavy (non-hydrogen) atoms. The molecule has 1 N–H and O–H groups in total. The van der Waals surface area contributed by atoms with Crippen molar-refractivity contribution in [2.75, 3.05) is 0 Å². The van der Waals surface area contributed by atoms with Gasteiger partial charge in [-0.05, 0) is 23.3 Å². The van der Waals surface area contributed by atoms with E-state index < -0.39 is 0 Å². The molecule has 0 atom stereocenters. The summed E-state index contributed by atoms with van der Waals surface area (Å²) in [5, 5.41) is 1.20. The van der Waals surface area contributed by atoms with E-state index in [1.165, 1.54) is 22.1 Å². The molecule has 0 radical (unpaired) electrons. The van der Waals surface area contributed by atoms with Gasteiger partial charge >= 0.3 is 0 Å². The number of imidazole rings is 1. The van der Waals surface area contributed by atoms with Gasteiger partial charge in [-0.3, -0.25) is 4.40 Å². The van der Waals surface area contributed by atoms with Crippen molar-refractivity contribution in [3.8, 4) is 22.4 Å². The van der Waals surface area contributed by atoms with Crippen molar-refractivity contribution in [1.29, 1.82) is 0 Å². The van der Waals surface area contributed by atoms with Crippen LogP contribution in [0.25, 0.3) is 39.1 Å². The second-order valence-electron chi connectivity index (χ2n) is 5.86. The van der Waals surface area contributed by atoms with Gasteiger partial charge in [-0.15, -0.1) is 0 Å². The van der Waals surface area contributed by atoms with Crippen LogP contribution < -0.4 is 0 Å². The quantitative estimate of drug-likeness (QED) is 0.480. The summed E-state index contributed by atoms with van der Waals surface area (Å²) in [4.78, 5) is 8.03. The van der Waals surface area contributed by atoms with E-state index in [0.29, 0.717) is 0 Å². The second kappa shape index (κ2) is 5.10. The number of aromatic amines is 1. The first-order valence-corrected chi connectivity index (χ1v) is 8.00. The van der Waals surface area contributed by atoms with Gasteiger partial charge in [0.25, 0.3) is 0 Å². The number of nitrogens with one attached hydrogen (secondary N) is 1. The maximum Gasteiger partial charge on any atom is 0.138 e. The van der Waals surface area contributed by atoms with Crippen LogP contribution in [0.2, 0.25) is 0 Å². The summed E-state index contributed by atoms with van der Waals surface area (Å²) in [5.41, 5.74) is 6.78. The van der Waals surface area contributed by atoms with Crippen molar-refractivity contribution in [2.45, 2.75) is 0 Å². The highest BCUT2D eigenvalue weighted by atomic mass is 15.0. The first kappa shape index (κ1) is 13.1. The lowest BCUT2D eigenvalue weighted by Crippen LogP contribution is -1.85. The zero-order valence-electron chi connectivity index (χ0n) is 13.0. The Kier molecular flexibility index (Phi) is 2.79. The average molecular weight is 309 g/mol. The summed E-state index contributed by atoms with van der Waals surface area (Å²) >= 11 is 0. The molecule has 0 fully saturated rings. The van der Waals surface area contributed by atoms with Gasteiger partial charge < -0.3 is 4.98 Å².